The maximum absolute atomic E-state index is 13.4. The fourth-order valence-corrected chi connectivity index (χ4v) is 7.62. The molecule has 0 amide bonds. The molecule has 3 atom stereocenters. The third kappa shape index (κ3) is 8.40. The number of ether oxygens (including phenoxy) is 3. The van der Waals surface area contributed by atoms with Gasteiger partial charge < -0.3 is 29.4 Å². The van der Waals surface area contributed by atoms with Crippen molar-refractivity contribution in [2.24, 2.45) is 5.92 Å². The Kier molecular flexibility index (Phi) is 11.8. The van der Waals surface area contributed by atoms with Crippen LogP contribution < -0.4 is 19.5 Å². The Labute approximate surface area is 293 Å². The van der Waals surface area contributed by atoms with Crippen LogP contribution in [0.5, 0.6) is 11.5 Å². The van der Waals surface area contributed by atoms with E-state index in [9.17, 15) is 19.9 Å². The Balaban J connectivity index is 1.47. The van der Waals surface area contributed by atoms with Crippen LogP contribution in [0.25, 0.3) is 0 Å². The van der Waals surface area contributed by atoms with Crippen molar-refractivity contribution in [3.05, 3.63) is 114 Å². The highest BCUT2D eigenvalue weighted by Crippen LogP contribution is 2.41. The minimum Gasteiger partial charge on any atom is -0.619 e. The molecule has 1 saturated heterocycles. The molecule has 5 rings (SSSR count). The van der Waals surface area contributed by atoms with Gasteiger partial charge in [-0.05, 0) is 61.3 Å². The zero-order chi connectivity index (χ0) is 34.4. The first-order valence-corrected chi connectivity index (χ1v) is 16.9. The molecule has 0 radical (unpaired) electrons. The minimum absolute atomic E-state index is 0.123. The van der Waals surface area contributed by atoms with Gasteiger partial charge in [-0.3, -0.25) is 5.32 Å². The average Bonchev–Trinajstić information content (AvgIpc) is 3.69. The van der Waals surface area contributed by atoms with Gasteiger partial charge >= 0.3 is 11.9 Å². The standard InChI is InChI=1S/C35H37Cl2N3O7S/c1-39-12-11-21(17-39)20-47-35(43)32(22-7-5-4-6-8-22)38-16-24-14-26(33(48-24)34(41)42)25(15-27-28(36)18-40(44)19-29(27)37)23-9-10-30(45-2)31(13-23)46-3/h4-10,13-14,18-19,21,25,32,38H,11-12,15-17,20H2,1-3H3,(H,41,42)/t21-,25+,32?/m1/s1. The molecule has 2 aromatic carbocycles. The summed E-state index contributed by atoms with van der Waals surface area (Å²) in [4.78, 5) is 29.2. The lowest BCUT2D eigenvalue weighted by atomic mass is 9.85. The van der Waals surface area contributed by atoms with E-state index in [1.807, 2.05) is 42.5 Å². The van der Waals surface area contributed by atoms with Gasteiger partial charge in [-0.25, -0.2) is 9.59 Å². The van der Waals surface area contributed by atoms with Crippen LogP contribution in [-0.2, 0) is 22.5 Å². The second-order valence-corrected chi connectivity index (χ2v) is 13.7. The molecule has 0 saturated carbocycles. The zero-order valence-corrected chi connectivity index (χ0v) is 29.1. The van der Waals surface area contributed by atoms with E-state index in [0.717, 1.165) is 42.0 Å². The Morgan fingerprint density at radius 1 is 1.06 bits per heavy atom. The number of carbonyl (C=O) groups excluding carboxylic acids is 1. The van der Waals surface area contributed by atoms with Crippen molar-refractivity contribution in [1.82, 2.24) is 10.2 Å². The van der Waals surface area contributed by atoms with Gasteiger partial charge in [0.05, 0.1) is 20.8 Å². The SMILES string of the molecule is COc1ccc([C@H](Cc2c(Cl)c[n+]([O-])cc2Cl)c2cc(CNC(C(=O)OC[C@@H]3CCN(C)C3)c3ccccc3)sc2C(=O)O)cc1OC. The van der Waals surface area contributed by atoms with Crippen molar-refractivity contribution in [2.45, 2.75) is 31.3 Å². The number of thiophene rings is 1. The van der Waals surface area contributed by atoms with E-state index >= 15 is 0 Å². The van der Waals surface area contributed by atoms with Crippen molar-refractivity contribution < 1.29 is 33.6 Å². The first kappa shape index (κ1) is 35.4. The molecule has 1 fully saturated rings. The number of hydrogen-bond acceptors (Lipinski definition) is 9. The monoisotopic (exact) mass is 713 g/mol. The van der Waals surface area contributed by atoms with Crippen LogP contribution in [-0.4, -0.2) is 62.9 Å². The van der Waals surface area contributed by atoms with Crippen molar-refractivity contribution in [3.63, 3.8) is 0 Å². The van der Waals surface area contributed by atoms with Crippen molar-refractivity contribution in [3.8, 4) is 11.5 Å². The van der Waals surface area contributed by atoms with Crippen LogP contribution in [0.2, 0.25) is 10.0 Å². The third-order valence-electron chi connectivity index (χ3n) is 8.46. The molecule has 1 aliphatic rings. The number of pyridine rings is 1. The molecule has 3 heterocycles. The number of carboxylic acids is 1. The summed E-state index contributed by atoms with van der Waals surface area (Å²) in [5.74, 6) is -0.793. The maximum atomic E-state index is 13.4. The van der Waals surface area contributed by atoms with Gasteiger partial charge in [0.1, 0.15) is 21.0 Å². The molecule has 0 aliphatic carbocycles. The normalized spacial score (nSPS) is 16.0. The smallest absolute Gasteiger partial charge is 0.346 e. The van der Waals surface area contributed by atoms with Gasteiger partial charge in [0.2, 0.25) is 0 Å². The van der Waals surface area contributed by atoms with Crippen molar-refractivity contribution >= 4 is 46.5 Å². The number of benzene rings is 2. The Bertz CT molecular complexity index is 1730. The van der Waals surface area contributed by atoms with Gasteiger partial charge in [0, 0.05) is 35.4 Å². The molecule has 2 N–H and O–H groups in total. The highest BCUT2D eigenvalue weighted by molar-refractivity contribution is 7.14. The number of likely N-dealkylation sites (tertiary alicyclic amines) is 1. The quantitative estimate of drug-likeness (QED) is 0.0906. The lowest BCUT2D eigenvalue weighted by molar-refractivity contribution is -0.605. The second kappa shape index (κ2) is 16.0. The number of carbonyl (C=O) groups is 2. The maximum Gasteiger partial charge on any atom is 0.346 e. The number of nitrogens with one attached hydrogen (secondary N) is 1. The number of aromatic carboxylic acids is 1. The Hall–Kier alpha value is -3.87. The van der Waals surface area contributed by atoms with E-state index in [0.29, 0.717) is 38.8 Å². The molecular weight excluding hydrogens is 677 g/mol. The van der Waals surface area contributed by atoms with Crippen LogP contribution >= 0.6 is 34.5 Å². The first-order valence-electron chi connectivity index (χ1n) is 15.4. The van der Waals surface area contributed by atoms with Crippen LogP contribution in [0, 0.1) is 11.1 Å². The first-order chi connectivity index (χ1) is 23.1. The van der Waals surface area contributed by atoms with Crippen LogP contribution in [0.3, 0.4) is 0 Å². The molecule has 48 heavy (non-hydrogen) atoms. The predicted octanol–water partition coefficient (Wildman–Crippen LogP) is 6.10. The van der Waals surface area contributed by atoms with Crippen LogP contribution in [0.15, 0.2) is 67.0 Å². The predicted molar refractivity (Wildman–Crippen MR) is 184 cm³/mol. The zero-order valence-electron chi connectivity index (χ0n) is 26.8. The molecule has 10 nitrogen and oxygen atoms in total. The van der Waals surface area contributed by atoms with Gasteiger partial charge in [0.15, 0.2) is 23.9 Å². The molecule has 2 aromatic heterocycles. The average molecular weight is 715 g/mol. The number of methoxy groups -OCH3 is 2. The van der Waals surface area contributed by atoms with Gasteiger partial charge in [-0.2, -0.15) is 4.73 Å². The van der Waals surface area contributed by atoms with Crippen molar-refractivity contribution in [1.29, 1.82) is 0 Å². The number of esters is 1. The molecule has 254 valence electrons. The summed E-state index contributed by atoms with van der Waals surface area (Å²) in [6.45, 7) is 2.39. The third-order valence-corrected chi connectivity index (χ3v) is 10.2. The van der Waals surface area contributed by atoms with Gasteiger partial charge in [-0.15, -0.1) is 11.3 Å². The number of halogens is 2. The van der Waals surface area contributed by atoms with E-state index in [1.165, 1.54) is 26.6 Å². The molecule has 0 bridgehead atoms. The lowest BCUT2D eigenvalue weighted by Gasteiger charge is -2.21. The number of nitrogens with zero attached hydrogens (tertiary/aromatic N) is 2. The number of hydrogen-bond donors (Lipinski definition) is 2. The summed E-state index contributed by atoms with van der Waals surface area (Å²) < 4.78 is 17.3. The number of rotatable bonds is 14. The van der Waals surface area contributed by atoms with E-state index in [-0.39, 0.29) is 33.8 Å². The Morgan fingerprint density at radius 2 is 1.77 bits per heavy atom. The topological polar surface area (TPSA) is 124 Å². The van der Waals surface area contributed by atoms with Gasteiger partial charge in [-0.1, -0.05) is 59.6 Å². The summed E-state index contributed by atoms with van der Waals surface area (Å²) in [5, 5.41) is 26.0. The lowest BCUT2D eigenvalue weighted by Crippen LogP contribution is -2.31. The van der Waals surface area contributed by atoms with E-state index in [1.54, 1.807) is 12.1 Å². The molecule has 4 aromatic rings. The molecule has 1 unspecified atom stereocenters. The van der Waals surface area contributed by atoms with Crippen molar-refractivity contribution in [2.75, 3.05) is 41.0 Å². The van der Waals surface area contributed by atoms with E-state index < -0.39 is 23.9 Å². The minimum atomic E-state index is -1.10. The summed E-state index contributed by atoms with van der Waals surface area (Å²) in [5.41, 5.74) is 2.48. The summed E-state index contributed by atoms with van der Waals surface area (Å²) >= 11 is 14.1. The molecule has 1 aliphatic heterocycles. The van der Waals surface area contributed by atoms with E-state index in [2.05, 4.69) is 17.3 Å². The largest absolute Gasteiger partial charge is 0.619 e. The second-order valence-electron chi connectivity index (χ2n) is 11.7. The van der Waals surface area contributed by atoms with Crippen LogP contribution in [0.1, 0.15) is 55.2 Å². The fourth-order valence-electron chi connectivity index (χ4n) is 6.01. The highest BCUT2D eigenvalue weighted by atomic mass is 35.5. The number of carboxylic acid groups (broad SMARTS) is 1. The molecule has 0 spiro atoms. The van der Waals surface area contributed by atoms with Crippen LogP contribution in [0.4, 0.5) is 0 Å². The summed E-state index contributed by atoms with van der Waals surface area (Å²) in [6.07, 6.45) is 3.58. The fraction of sp³-hybridized carbons (Fsp3) is 0.343. The van der Waals surface area contributed by atoms with Gasteiger partial charge in [0.25, 0.3) is 0 Å². The Morgan fingerprint density at radius 3 is 2.40 bits per heavy atom. The molecule has 13 heteroatoms. The highest BCUT2D eigenvalue weighted by Gasteiger charge is 2.30. The number of aromatic nitrogens is 1. The summed E-state index contributed by atoms with van der Waals surface area (Å²) in [6, 6.07) is 15.7. The summed E-state index contributed by atoms with van der Waals surface area (Å²) in [7, 11) is 5.10. The molecular formula is C35H37Cl2N3O7S. The van der Waals surface area contributed by atoms with E-state index in [4.69, 9.17) is 37.4 Å².